The molecule has 0 bridgehead atoms. The summed E-state index contributed by atoms with van der Waals surface area (Å²) < 4.78 is 0.957. The van der Waals surface area contributed by atoms with E-state index in [0.717, 1.165) is 15.7 Å². The third kappa shape index (κ3) is 3.61. The molecule has 0 fully saturated rings. The zero-order chi connectivity index (χ0) is 14.5. The Bertz CT molecular complexity index is 586. The van der Waals surface area contributed by atoms with Crippen molar-refractivity contribution in [2.45, 2.75) is 18.9 Å². The van der Waals surface area contributed by atoms with Crippen LogP contribution in [0.2, 0.25) is 0 Å². The van der Waals surface area contributed by atoms with Gasteiger partial charge in [-0.15, -0.1) is 0 Å². The van der Waals surface area contributed by atoms with Gasteiger partial charge >= 0.3 is 0 Å². The summed E-state index contributed by atoms with van der Waals surface area (Å²) in [4.78, 5) is 11.8. The van der Waals surface area contributed by atoms with Crippen LogP contribution in [-0.4, -0.2) is 11.9 Å². The van der Waals surface area contributed by atoms with Gasteiger partial charge in [0.2, 0.25) is 5.91 Å². The van der Waals surface area contributed by atoms with Crippen LogP contribution in [0.4, 0.5) is 5.69 Å². The van der Waals surface area contributed by atoms with E-state index in [4.69, 9.17) is 5.73 Å². The second-order valence-corrected chi connectivity index (χ2v) is 5.65. The van der Waals surface area contributed by atoms with Crippen molar-refractivity contribution in [2.75, 3.05) is 5.32 Å². The number of hydrogen-bond donors (Lipinski definition) is 2. The van der Waals surface area contributed by atoms with E-state index in [1.807, 2.05) is 61.5 Å². The smallest absolute Gasteiger partial charge is 0.240 e. The predicted molar refractivity (Wildman–Crippen MR) is 85.6 cm³/mol. The lowest BCUT2D eigenvalue weighted by Gasteiger charge is -2.24. The topological polar surface area (TPSA) is 55.1 Å². The highest BCUT2D eigenvalue weighted by Gasteiger charge is 2.24. The maximum absolute atomic E-state index is 11.8. The van der Waals surface area contributed by atoms with Crippen LogP contribution in [0, 0.1) is 0 Å². The van der Waals surface area contributed by atoms with Gasteiger partial charge in [-0.05, 0) is 23.8 Å². The Morgan fingerprint density at radius 2 is 1.85 bits per heavy atom. The summed E-state index contributed by atoms with van der Waals surface area (Å²) >= 11 is 3.41. The first-order chi connectivity index (χ1) is 9.58. The summed E-state index contributed by atoms with van der Waals surface area (Å²) in [5.74, 6) is -0.367. The minimum atomic E-state index is -0.452. The summed E-state index contributed by atoms with van der Waals surface area (Å²) in [6.07, 6.45) is 0. The Labute approximate surface area is 127 Å². The van der Waals surface area contributed by atoms with E-state index >= 15 is 0 Å². The molecule has 0 heterocycles. The standard InChI is InChI=1S/C16H17BrN2O/c1-11(12-6-3-2-4-7-12)15(16(18)20)19-14-9-5-8-13(17)10-14/h2-11,15,19H,1H3,(H2,18,20). The van der Waals surface area contributed by atoms with E-state index in [0.29, 0.717) is 0 Å². The molecular formula is C16H17BrN2O. The highest BCUT2D eigenvalue weighted by atomic mass is 79.9. The Hall–Kier alpha value is -1.81. The van der Waals surface area contributed by atoms with Crippen molar-refractivity contribution in [3.8, 4) is 0 Å². The average molecular weight is 333 g/mol. The van der Waals surface area contributed by atoms with Gasteiger partial charge in [-0.1, -0.05) is 59.3 Å². The minimum absolute atomic E-state index is 0.00678. The largest absolute Gasteiger partial charge is 0.373 e. The number of primary amides is 1. The lowest BCUT2D eigenvalue weighted by molar-refractivity contribution is -0.119. The van der Waals surface area contributed by atoms with Gasteiger partial charge in [-0.25, -0.2) is 0 Å². The molecule has 0 spiro atoms. The van der Waals surface area contributed by atoms with E-state index in [2.05, 4.69) is 21.2 Å². The first-order valence-corrected chi connectivity index (χ1v) is 7.23. The quantitative estimate of drug-likeness (QED) is 0.880. The van der Waals surface area contributed by atoms with E-state index in [1.54, 1.807) is 0 Å². The van der Waals surface area contributed by atoms with Crippen LogP contribution in [0.25, 0.3) is 0 Å². The third-order valence-electron chi connectivity index (χ3n) is 3.28. The molecule has 2 aromatic rings. The molecule has 0 radical (unpaired) electrons. The van der Waals surface area contributed by atoms with Crippen LogP contribution in [0.15, 0.2) is 59.1 Å². The molecule has 3 nitrogen and oxygen atoms in total. The summed E-state index contributed by atoms with van der Waals surface area (Å²) in [5, 5.41) is 3.21. The van der Waals surface area contributed by atoms with Crippen molar-refractivity contribution in [1.29, 1.82) is 0 Å². The van der Waals surface area contributed by atoms with Crippen molar-refractivity contribution in [1.82, 2.24) is 0 Å². The molecule has 2 aromatic carbocycles. The Balaban J connectivity index is 2.21. The van der Waals surface area contributed by atoms with Gasteiger partial charge in [0.1, 0.15) is 6.04 Å². The molecule has 3 N–H and O–H groups in total. The molecule has 0 aromatic heterocycles. The van der Waals surface area contributed by atoms with E-state index in [1.165, 1.54) is 0 Å². The Kier molecular flexibility index (Phi) is 4.79. The van der Waals surface area contributed by atoms with Gasteiger partial charge in [0, 0.05) is 16.1 Å². The number of amides is 1. The second-order valence-electron chi connectivity index (χ2n) is 4.73. The maximum atomic E-state index is 11.8. The molecule has 2 atom stereocenters. The molecule has 0 saturated heterocycles. The van der Waals surface area contributed by atoms with E-state index in [9.17, 15) is 4.79 Å². The zero-order valence-electron chi connectivity index (χ0n) is 11.2. The number of nitrogens with one attached hydrogen (secondary N) is 1. The summed E-state index contributed by atoms with van der Waals surface area (Å²) in [7, 11) is 0. The fourth-order valence-corrected chi connectivity index (χ4v) is 2.55. The molecule has 4 heteroatoms. The van der Waals surface area contributed by atoms with Crippen LogP contribution < -0.4 is 11.1 Å². The van der Waals surface area contributed by atoms with Crippen molar-refractivity contribution < 1.29 is 4.79 Å². The van der Waals surface area contributed by atoms with Gasteiger partial charge in [-0.2, -0.15) is 0 Å². The number of carbonyl (C=O) groups is 1. The zero-order valence-corrected chi connectivity index (χ0v) is 12.8. The first-order valence-electron chi connectivity index (χ1n) is 6.44. The molecule has 2 unspecified atom stereocenters. The van der Waals surface area contributed by atoms with E-state index < -0.39 is 6.04 Å². The average Bonchev–Trinajstić information content (AvgIpc) is 2.45. The fraction of sp³-hybridized carbons (Fsp3) is 0.188. The summed E-state index contributed by atoms with van der Waals surface area (Å²) in [6.45, 7) is 2.00. The molecule has 0 aliphatic rings. The number of hydrogen-bond acceptors (Lipinski definition) is 2. The van der Waals surface area contributed by atoms with E-state index in [-0.39, 0.29) is 11.8 Å². The van der Waals surface area contributed by atoms with Crippen LogP contribution >= 0.6 is 15.9 Å². The van der Waals surface area contributed by atoms with Gasteiger partial charge in [0.25, 0.3) is 0 Å². The van der Waals surface area contributed by atoms with Crippen LogP contribution in [-0.2, 0) is 4.79 Å². The van der Waals surface area contributed by atoms with Crippen molar-refractivity contribution in [3.05, 3.63) is 64.6 Å². The molecule has 0 aliphatic carbocycles. The Morgan fingerprint density at radius 1 is 1.15 bits per heavy atom. The number of nitrogens with two attached hydrogens (primary N) is 1. The van der Waals surface area contributed by atoms with Crippen molar-refractivity contribution >= 4 is 27.5 Å². The summed E-state index contributed by atoms with van der Waals surface area (Å²) in [5.41, 5.74) is 7.50. The monoisotopic (exact) mass is 332 g/mol. The van der Waals surface area contributed by atoms with Gasteiger partial charge in [0.05, 0.1) is 0 Å². The van der Waals surface area contributed by atoms with Crippen LogP contribution in [0.3, 0.4) is 0 Å². The molecule has 2 rings (SSSR count). The van der Waals surface area contributed by atoms with Gasteiger partial charge < -0.3 is 11.1 Å². The maximum Gasteiger partial charge on any atom is 0.240 e. The highest BCUT2D eigenvalue weighted by Crippen LogP contribution is 2.23. The van der Waals surface area contributed by atoms with Crippen LogP contribution in [0.5, 0.6) is 0 Å². The van der Waals surface area contributed by atoms with Crippen molar-refractivity contribution in [2.24, 2.45) is 5.73 Å². The number of benzene rings is 2. The number of carbonyl (C=O) groups excluding carboxylic acids is 1. The van der Waals surface area contributed by atoms with Gasteiger partial charge in [0.15, 0.2) is 0 Å². The third-order valence-corrected chi connectivity index (χ3v) is 3.77. The number of halogens is 1. The number of anilines is 1. The molecule has 0 saturated carbocycles. The SMILES string of the molecule is CC(c1ccccc1)C(Nc1cccc(Br)c1)C(N)=O. The minimum Gasteiger partial charge on any atom is -0.373 e. The first kappa shape index (κ1) is 14.6. The lowest BCUT2D eigenvalue weighted by atomic mass is 9.92. The molecule has 1 amide bonds. The fourth-order valence-electron chi connectivity index (χ4n) is 2.15. The molecular weight excluding hydrogens is 316 g/mol. The normalized spacial score (nSPS) is 13.5. The highest BCUT2D eigenvalue weighted by molar-refractivity contribution is 9.10. The lowest BCUT2D eigenvalue weighted by Crippen LogP contribution is -2.39. The predicted octanol–water partition coefficient (Wildman–Crippen LogP) is 3.52. The summed E-state index contributed by atoms with van der Waals surface area (Å²) in [6, 6.07) is 17.1. The van der Waals surface area contributed by atoms with Crippen molar-refractivity contribution in [3.63, 3.8) is 0 Å². The molecule has 20 heavy (non-hydrogen) atoms. The van der Waals surface area contributed by atoms with Gasteiger partial charge in [-0.3, -0.25) is 4.79 Å². The second kappa shape index (κ2) is 6.57. The van der Waals surface area contributed by atoms with Crippen LogP contribution in [0.1, 0.15) is 18.4 Å². The number of rotatable bonds is 5. The molecule has 0 aliphatic heterocycles. The molecule has 104 valence electrons. The Morgan fingerprint density at radius 3 is 2.45 bits per heavy atom.